The molecule has 1 fully saturated rings. The summed E-state index contributed by atoms with van der Waals surface area (Å²) in [7, 11) is -7.56. The van der Waals surface area contributed by atoms with Gasteiger partial charge < -0.3 is 35.0 Å². The highest BCUT2D eigenvalue weighted by Gasteiger charge is 2.46. The van der Waals surface area contributed by atoms with Crippen LogP contribution in [0.4, 0.5) is 5.82 Å². The number of aromatic nitrogens is 2. The summed E-state index contributed by atoms with van der Waals surface area (Å²) in [5.41, 5.74) is 4.45. The van der Waals surface area contributed by atoms with E-state index in [0.717, 1.165) is 10.8 Å². The number of quaternary nitrogens is 1. The molecule has 1 saturated heterocycles. The number of nitrogens with two attached hydrogens (primary N) is 1. The summed E-state index contributed by atoms with van der Waals surface area (Å²) in [6.45, 7) is -7.40. The van der Waals surface area contributed by atoms with E-state index in [1.807, 2.05) is 0 Å². The van der Waals surface area contributed by atoms with Gasteiger partial charge in [0, 0.05) is 6.20 Å². The molecule has 1 aliphatic rings. The first-order valence-corrected chi connectivity index (χ1v) is 11.5. The molecule has 0 amide bonds. The number of anilines is 1. The molecule has 17 heteroatoms. The maximum atomic E-state index is 12.1. The number of aliphatic hydroxyl groups excluding tert-OH is 2. The summed E-state index contributed by atoms with van der Waals surface area (Å²) in [5, 5.41) is 20.3. The zero-order chi connectivity index (χ0) is 27.2. The number of hydrogen-bond acceptors (Lipinski definition) is 11. The van der Waals surface area contributed by atoms with Gasteiger partial charge in [-0.3, -0.25) is 13.6 Å². The molecule has 0 saturated carbocycles. The SMILES string of the molecule is [2H][13C]([2H])(OP(=O)(O)OP(=O)(O)OC[C@H]1O[C@@H](n2ccc(N)nc2=O)[C@H](O)[C@@H]1O)[13C]([2H])([2H])[N+](C)(C)C. The molecular formula is C14H27N4O11P2+. The number of rotatable bonds is 10. The highest BCUT2D eigenvalue weighted by molar-refractivity contribution is 7.61. The first kappa shape index (κ1) is 20.4. The van der Waals surface area contributed by atoms with Crippen molar-refractivity contribution in [2.75, 3.05) is 46.5 Å². The zero-order valence-electron chi connectivity index (χ0n) is 20.6. The number of hydrogen-bond donors (Lipinski definition) is 5. The first-order chi connectivity index (χ1) is 15.6. The second-order valence-electron chi connectivity index (χ2n) is 7.22. The second kappa shape index (κ2) is 9.73. The fourth-order valence-corrected chi connectivity index (χ4v) is 4.13. The first-order valence-electron chi connectivity index (χ1n) is 10.5. The van der Waals surface area contributed by atoms with Crippen LogP contribution in [0.25, 0.3) is 0 Å². The van der Waals surface area contributed by atoms with Crippen LogP contribution in [0.2, 0.25) is 0 Å². The van der Waals surface area contributed by atoms with Gasteiger partial charge in [0.25, 0.3) is 0 Å². The predicted molar refractivity (Wildman–Crippen MR) is 104 cm³/mol. The highest BCUT2D eigenvalue weighted by Crippen LogP contribution is 2.60. The van der Waals surface area contributed by atoms with Gasteiger partial charge in [-0.25, -0.2) is 13.9 Å². The standard InChI is InChI=1S/C14H26N4O11P2/c1-18(2,3)6-7-26-30(22,23)29-31(24,25)27-8-9-11(19)12(20)13(28-9)17-5-4-10(15)16-14(17)21/h4-5,9,11-13,19-20H,6-8H2,1-3H3,(H3-,15,16,21,22,23,24,25)/p+1/t9-,11-,12-,13-/m1/s1/i6+1D2,7+1D2. The number of likely N-dealkylation sites (N-methyl/N-ethyl adjacent to an activating group) is 1. The number of phosphoric ester groups is 2. The Morgan fingerprint density at radius 1 is 1.26 bits per heavy atom. The number of phosphoric acid groups is 2. The van der Waals surface area contributed by atoms with Crippen molar-refractivity contribution in [3.8, 4) is 0 Å². The monoisotopic (exact) mass is 495 g/mol. The number of nitrogens with zero attached hydrogens (tertiary/aromatic N) is 3. The van der Waals surface area contributed by atoms with E-state index in [0.29, 0.717) is 0 Å². The van der Waals surface area contributed by atoms with Gasteiger partial charge in [-0.05, 0) is 6.07 Å². The van der Waals surface area contributed by atoms with Gasteiger partial charge >= 0.3 is 21.3 Å². The van der Waals surface area contributed by atoms with Crippen molar-refractivity contribution in [2.24, 2.45) is 0 Å². The van der Waals surface area contributed by atoms with Crippen LogP contribution in [0.1, 0.15) is 11.7 Å². The Morgan fingerprint density at radius 2 is 1.87 bits per heavy atom. The normalized spacial score (nSPS) is 31.1. The molecule has 0 spiro atoms. The lowest BCUT2D eigenvalue weighted by Gasteiger charge is -2.24. The van der Waals surface area contributed by atoms with E-state index >= 15 is 0 Å². The van der Waals surface area contributed by atoms with Crippen molar-refractivity contribution in [2.45, 2.75) is 24.5 Å². The quantitative estimate of drug-likeness (QED) is 0.141. The Labute approximate surface area is 183 Å². The summed E-state index contributed by atoms with van der Waals surface area (Å²) in [5.74, 6) is -0.118. The Morgan fingerprint density at radius 3 is 2.45 bits per heavy atom. The maximum absolute atomic E-state index is 12.1. The van der Waals surface area contributed by atoms with Crippen molar-refractivity contribution in [3.63, 3.8) is 0 Å². The Balaban J connectivity index is 2.07. The molecule has 2 heterocycles. The number of nitrogen functional groups attached to an aromatic ring is 1. The second-order valence-corrected chi connectivity index (χ2v) is 10.2. The third kappa shape index (κ3) is 7.70. The van der Waals surface area contributed by atoms with Crippen LogP contribution in [0, 0.1) is 0 Å². The van der Waals surface area contributed by atoms with Crippen molar-refractivity contribution >= 4 is 21.5 Å². The van der Waals surface area contributed by atoms with Crippen LogP contribution in [-0.4, -0.2) is 93.2 Å². The van der Waals surface area contributed by atoms with E-state index in [9.17, 15) is 33.9 Å². The van der Waals surface area contributed by atoms with E-state index in [1.165, 1.54) is 27.2 Å². The van der Waals surface area contributed by atoms with E-state index in [1.54, 1.807) is 0 Å². The van der Waals surface area contributed by atoms with Crippen LogP contribution in [0.3, 0.4) is 0 Å². The molecule has 0 aromatic carbocycles. The molecule has 6 N–H and O–H groups in total. The van der Waals surface area contributed by atoms with Crippen LogP contribution in [0.15, 0.2) is 17.1 Å². The van der Waals surface area contributed by atoms with Crippen LogP contribution in [-0.2, 0) is 27.2 Å². The molecule has 1 aliphatic heterocycles. The van der Waals surface area contributed by atoms with E-state index < -0.39 is 70.0 Å². The smallest absolute Gasteiger partial charge is 0.387 e. The highest BCUT2D eigenvalue weighted by atomic mass is 31.3. The summed E-state index contributed by atoms with van der Waals surface area (Å²) >= 11 is 0. The Kier molecular flexibility index (Phi) is 6.40. The van der Waals surface area contributed by atoms with E-state index in [-0.39, 0.29) is 5.82 Å². The van der Waals surface area contributed by atoms with Crippen LogP contribution < -0.4 is 11.4 Å². The molecule has 2 rings (SSSR count). The number of ether oxygens (including phenoxy) is 1. The lowest BCUT2D eigenvalue weighted by atomic mass is 10.1. The van der Waals surface area contributed by atoms with Crippen molar-refractivity contribution in [3.05, 3.63) is 22.7 Å². The fraction of sp³-hybridized carbons (Fsp3) is 0.714. The molecule has 1 aromatic heterocycles. The van der Waals surface area contributed by atoms with Crippen molar-refractivity contribution in [1.29, 1.82) is 0 Å². The maximum Gasteiger partial charge on any atom is 0.481 e. The van der Waals surface area contributed by atoms with Gasteiger partial charge in [0.2, 0.25) is 0 Å². The van der Waals surface area contributed by atoms with Crippen LogP contribution >= 0.6 is 15.6 Å². The molecule has 1 aromatic rings. The Hall–Kier alpha value is -1.22. The van der Waals surface area contributed by atoms with Crippen molar-refractivity contribution < 1.29 is 57.2 Å². The van der Waals surface area contributed by atoms with Crippen LogP contribution in [0.5, 0.6) is 0 Å². The summed E-state index contributed by atoms with van der Waals surface area (Å²) < 4.78 is 73.4. The minimum atomic E-state index is -5.74. The average Bonchev–Trinajstić information content (AvgIpc) is 2.92. The lowest BCUT2D eigenvalue weighted by molar-refractivity contribution is -0.870. The summed E-state index contributed by atoms with van der Waals surface area (Å²) in [6.07, 6.45) is -5.39. The van der Waals surface area contributed by atoms with Gasteiger partial charge in [-0.1, -0.05) is 0 Å². The van der Waals surface area contributed by atoms with Crippen molar-refractivity contribution in [1.82, 2.24) is 9.55 Å². The summed E-state index contributed by atoms with van der Waals surface area (Å²) in [4.78, 5) is 34.9. The molecule has 178 valence electrons. The predicted octanol–water partition coefficient (Wildman–Crippen LogP) is -1.60. The molecule has 15 nitrogen and oxygen atoms in total. The van der Waals surface area contributed by atoms with Gasteiger partial charge in [-0.2, -0.15) is 9.29 Å². The van der Waals surface area contributed by atoms with E-state index in [4.69, 9.17) is 16.0 Å². The Bertz CT molecular complexity index is 1090. The molecule has 31 heavy (non-hydrogen) atoms. The molecule has 6 atom stereocenters. The number of aliphatic hydroxyl groups is 2. The largest absolute Gasteiger partial charge is 0.481 e. The van der Waals surface area contributed by atoms with Gasteiger partial charge in [-0.15, -0.1) is 0 Å². The molecule has 0 radical (unpaired) electrons. The van der Waals surface area contributed by atoms with E-state index in [2.05, 4.69) is 18.3 Å². The molecule has 2 unspecified atom stereocenters. The molecular weight excluding hydrogens is 464 g/mol. The third-order valence-electron chi connectivity index (χ3n) is 3.61. The third-order valence-corrected chi connectivity index (χ3v) is 6.06. The molecule has 0 aliphatic carbocycles. The lowest BCUT2D eigenvalue weighted by Crippen LogP contribution is -2.37. The fourth-order valence-electron chi connectivity index (χ4n) is 2.27. The van der Waals surface area contributed by atoms with Gasteiger partial charge in [0.15, 0.2) is 6.23 Å². The molecule has 0 bridgehead atoms. The topological polar surface area (TPSA) is 213 Å². The summed E-state index contributed by atoms with van der Waals surface area (Å²) in [6, 6.07) is 1.21. The zero-order valence-corrected chi connectivity index (χ0v) is 18.4. The van der Waals surface area contributed by atoms with Gasteiger partial charge in [0.1, 0.15) is 37.2 Å². The minimum Gasteiger partial charge on any atom is -0.387 e. The average molecular weight is 495 g/mol. The van der Waals surface area contributed by atoms with Gasteiger partial charge in [0.05, 0.1) is 33.2 Å². The minimum absolute atomic E-state index is 0.118.